The smallest absolute Gasteiger partial charge is 0.119 e. The summed E-state index contributed by atoms with van der Waals surface area (Å²) in [6.45, 7) is 0.434. The molecular formula is C10H10N4S. The number of pyridine rings is 1. The van der Waals surface area contributed by atoms with E-state index in [0.717, 1.165) is 15.6 Å². The largest absolute Gasteiger partial charge is 0.325 e. The Kier molecular flexibility index (Phi) is 3.26. The molecule has 76 valence electrons. The average molecular weight is 218 g/mol. The van der Waals surface area contributed by atoms with Gasteiger partial charge in [-0.15, -0.1) is 0 Å². The van der Waals surface area contributed by atoms with Gasteiger partial charge in [0, 0.05) is 30.0 Å². The molecule has 15 heavy (non-hydrogen) atoms. The molecule has 2 aromatic heterocycles. The monoisotopic (exact) mass is 218 g/mol. The van der Waals surface area contributed by atoms with E-state index in [0.29, 0.717) is 6.54 Å². The molecule has 0 radical (unpaired) electrons. The molecule has 0 spiro atoms. The van der Waals surface area contributed by atoms with Gasteiger partial charge >= 0.3 is 0 Å². The van der Waals surface area contributed by atoms with Crippen LogP contribution in [0.5, 0.6) is 0 Å². The van der Waals surface area contributed by atoms with Crippen LogP contribution < -0.4 is 5.73 Å². The number of aromatic nitrogens is 3. The lowest BCUT2D eigenvalue weighted by molar-refractivity contribution is 0.941. The van der Waals surface area contributed by atoms with Gasteiger partial charge in [-0.1, -0.05) is 11.8 Å². The van der Waals surface area contributed by atoms with Crippen molar-refractivity contribution in [3.05, 3.63) is 42.6 Å². The van der Waals surface area contributed by atoms with Crippen molar-refractivity contribution in [3.8, 4) is 0 Å². The highest BCUT2D eigenvalue weighted by Crippen LogP contribution is 2.26. The second kappa shape index (κ2) is 4.86. The minimum atomic E-state index is 0.434. The summed E-state index contributed by atoms with van der Waals surface area (Å²) in [5.74, 6) is 0. The van der Waals surface area contributed by atoms with E-state index < -0.39 is 0 Å². The average Bonchev–Trinajstić information content (AvgIpc) is 2.31. The van der Waals surface area contributed by atoms with Crippen LogP contribution in [0.1, 0.15) is 5.69 Å². The molecular weight excluding hydrogens is 208 g/mol. The predicted octanol–water partition coefficient (Wildman–Crippen LogP) is 1.48. The van der Waals surface area contributed by atoms with Gasteiger partial charge in [0.2, 0.25) is 0 Å². The van der Waals surface area contributed by atoms with Crippen LogP contribution in [-0.2, 0) is 6.54 Å². The summed E-state index contributed by atoms with van der Waals surface area (Å²) in [5, 5.41) is 0.847. The zero-order valence-electron chi connectivity index (χ0n) is 8.00. The molecule has 2 rings (SSSR count). The fourth-order valence-electron chi connectivity index (χ4n) is 1.12. The zero-order valence-corrected chi connectivity index (χ0v) is 8.81. The first-order valence-electron chi connectivity index (χ1n) is 4.48. The van der Waals surface area contributed by atoms with Crippen molar-refractivity contribution < 1.29 is 0 Å². The summed E-state index contributed by atoms with van der Waals surface area (Å²) in [6.07, 6.45) is 6.78. The Morgan fingerprint density at radius 1 is 1.20 bits per heavy atom. The van der Waals surface area contributed by atoms with Gasteiger partial charge in [0.05, 0.1) is 11.9 Å². The highest BCUT2D eigenvalue weighted by atomic mass is 32.2. The van der Waals surface area contributed by atoms with Gasteiger partial charge in [0.15, 0.2) is 0 Å². The van der Waals surface area contributed by atoms with Gasteiger partial charge in [-0.2, -0.15) is 0 Å². The highest BCUT2D eigenvalue weighted by Gasteiger charge is 2.04. The van der Waals surface area contributed by atoms with Gasteiger partial charge in [-0.3, -0.25) is 9.97 Å². The molecule has 0 fully saturated rings. The molecule has 0 atom stereocenters. The third-order valence-electron chi connectivity index (χ3n) is 1.80. The van der Waals surface area contributed by atoms with Gasteiger partial charge in [0.25, 0.3) is 0 Å². The van der Waals surface area contributed by atoms with E-state index in [9.17, 15) is 0 Å². The number of hydrogen-bond acceptors (Lipinski definition) is 5. The lowest BCUT2D eigenvalue weighted by Crippen LogP contribution is -2.00. The Balaban J connectivity index is 2.24. The fourth-order valence-corrected chi connectivity index (χ4v) is 1.97. The van der Waals surface area contributed by atoms with E-state index >= 15 is 0 Å². The second-order valence-corrected chi connectivity index (χ2v) is 3.86. The van der Waals surface area contributed by atoms with Crippen LogP contribution in [0.4, 0.5) is 0 Å². The van der Waals surface area contributed by atoms with Crippen molar-refractivity contribution in [2.75, 3.05) is 0 Å². The maximum absolute atomic E-state index is 5.59. The first-order valence-corrected chi connectivity index (χ1v) is 5.29. The molecule has 0 aliphatic carbocycles. The third kappa shape index (κ3) is 2.51. The second-order valence-electron chi connectivity index (χ2n) is 2.80. The predicted molar refractivity (Wildman–Crippen MR) is 58.3 cm³/mol. The summed E-state index contributed by atoms with van der Waals surface area (Å²) in [4.78, 5) is 13.4. The molecule has 2 aromatic rings. The molecule has 0 aliphatic heterocycles. The summed E-state index contributed by atoms with van der Waals surface area (Å²) in [7, 11) is 0. The molecule has 0 aliphatic rings. The Morgan fingerprint density at radius 3 is 2.87 bits per heavy atom. The summed E-state index contributed by atoms with van der Waals surface area (Å²) >= 11 is 1.52. The first-order chi connectivity index (χ1) is 7.40. The molecule has 4 nitrogen and oxygen atoms in total. The van der Waals surface area contributed by atoms with Crippen LogP contribution in [0, 0.1) is 0 Å². The van der Waals surface area contributed by atoms with E-state index in [4.69, 9.17) is 5.73 Å². The van der Waals surface area contributed by atoms with E-state index in [1.807, 2.05) is 12.1 Å². The Bertz CT molecular complexity index is 432. The maximum atomic E-state index is 5.59. The fraction of sp³-hybridized carbons (Fsp3) is 0.100. The molecule has 2 heterocycles. The Morgan fingerprint density at radius 2 is 2.13 bits per heavy atom. The van der Waals surface area contributed by atoms with E-state index in [2.05, 4.69) is 15.0 Å². The molecule has 2 N–H and O–H groups in total. The lowest BCUT2D eigenvalue weighted by Gasteiger charge is -2.04. The SMILES string of the molecule is NCc1ncccc1Sc1cnccn1. The van der Waals surface area contributed by atoms with Gasteiger partial charge < -0.3 is 5.73 Å². The van der Waals surface area contributed by atoms with Crippen LogP contribution in [0.2, 0.25) is 0 Å². The van der Waals surface area contributed by atoms with Crippen molar-refractivity contribution in [1.29, 1.82) is 0 Å². The van der Waals surface area contributed by atoms with Crippen molar-refractivity contribution in [3.63, 3.8) is 0 Å². The number of hydrogen-bond donors (Lipinski definition) is 1. The van der Waals surface area contributed by atoms with Crippen molar-refractivity contribution >= 4 is 11.8 Å². The Labute approximate surface area is 92.0 Å². The number of nitrogens with zero attached hydrogens (tertiary/aromatic N) is 3. The third-order valence-corrected chi connectivity index (χ3v) is 2.81. The normalized spacial score (nSPS) is 10.2. The van der Waals surface area contributed by atoms with Crippen LogP contribution in [0.15, 0.2) is 46.8 Å². The molecule has 0 saturated heterocycles. The van der Waals surface area contributed by atoms with Crippen LogP contribution >= 0.6 is 11.8 Å². The summed E-state index contributed by atoms with van der Waals surface area (Å²) < 4.78 is 0. The topological polar surface area (TPSA) is 64.7 Å². The number of nitrogens with two attached hydrogens (primary N) is 1. The van der Waals surface area contributed by atoms with Crippen molar-refractivity contribution in [2.45, 2.75) is 16.5 Å². The van der Waals surface area contributed by atoms with Crippen LogP contribution in [0.25, 0.3) is 0 Å². The van der Waals surface area contributed by atoms with E-state index in [-0.39, 0.29) is 0 Å². The van der Waals surface area contributed by atoms with E-state index in [1.54, 1.807) is 24.8 Å². The first kappa shape index (κ1) is 10.1. The van der Waals surface area contributed by atoms with Gasteiger partial charge in [0.1, 0.15) is 5.03 Å². The Hall–Kier alpha value is -1.46. The molecule has 0 aromatic carbocycles. The molecule has 0 bridgehead atoms. The zero-order chi connectivity index (χ0) is 10.5. The minimum absolute atomic E-state index is 0.434. The van der Waals surface area contributed by atoms with E-state index in [1.165, 1.54) is 11.8 Å². The lowest BCUT2D eigenvalue weighted by atomic mass is 10.3. The number of rotatable bonds is 3. The minimum Gasteiger partial charge on any atom is -0.325 e. The van der Waals surface area contributed by atoms with Crippen molar-refractivity contribution in [1.82, 2.24) is 15.0 Å². The molecule has 0 unspecified atom stereocenters. The van der Waals surface area contributed by atoms with Crippen LogP contribution in [-0.4, -0.2) is 15.0 Å². The highest BCUT2D eigenvalue weighted by molar-refractivity contribution is 7.99. The van der Waals surface area contributed by atoms with Crippen LogP contribution in [0.3, 0.4) is 0 Å². The molecule has 0 amide bonds. The quantitative estimate of drug-likeness (QED) is 0.845. The summed E-state index contributed by atoms with van der Waals surface area (Å²) in [5.41, 5.74) is 6.47. The van der Waals surface area contributed by atoms with Gasteiger partial charge in [-0.05, 0) is 12.1 Å². The molecule has 0 saturated carbocycles. The van der Waals surface area contributed by atoms with Crippen molar-refractivity contribution in [2.24, 2.45) is 5.73 Å². The van der Waals surface area contributed by atoms with Gasteiger partial charge in [-0.25, -0.2) is 4.98 Å². The summed E-state index contributed by atoms with van der Waals surface area (Å²) in [6, 6.07) is 3.87. The standard InChI is InChI=1S/C10H10N4S/c11-6-8-9(2-1-3-13-8)15-10-7-12-4-5-14-10/h1-5,7H,6,11H2. The molecule has 5 heteroatoms. The maximum Gasteiger partial charge on any atom is 0.119 e.